The number of hydrogen-bond donors (Lipinski definition) is 2. The van der Waals surface area contributed by atoms with Gasteiger partial charge in [0.25, 0.3) is 0 Å². The first kappa shape index (κ1) is 12.3. The van der Waals surface area contributed by atoms with Crippen LogP contribution < -0.4 is 11.1 Å². The SMILES string of the molecule is CN1CCC(C(N)CN2CCNCC2)CC1. The molecule has 2 rings (SSSR count). The van der Waals surface area contributed by atoms with Crippen LogP contribution in [-0.4, -0.2) is 68.7 Å². The van der Waals surface area contributed by atoms with E-state index in [0.29, 0.717) is 6.04 Å². The smallest absolute Gasteiger partial charge is 0.0197 e. The number of likely N-dealkylation sites (tertiary alicyclic amines) is 1. The van der Waals surface area contributed by atoms with Gasteiger partial charge in [-0.15, -0.1) is 0 Å². The Morgan fingerprint density at radius 1 is 1.19 bits per heavy atom. The van der Waals surface area contributed by atoms with E-state index >= 15 is 0 Å². The molecule has 0 aromatic rings. The van der Waals surface area contributed by atoms with E-state index in [2.05, 4.69) is 22.2 Å². The highest BCUT2D eigenvalue weighted by Gasteiger charge is 2.24. The van der Waals surface area contributed by atoms with Gasteiger partial charge in [-0.2, -0.15) is 0 Å². The molecule has 0 aromatic heterocycles. The largest absolute Gasteiger partial charge is 0.326 e. The summed E-state index contributed by atoms with van der Waals surface area (Å²) < 4.78 is 0. The monoisotopic (exact) mass is 226 g/mol. The Labute approximate surface area is 99.2 Å². The molecule has 0 amide bonds. The molecule has 2 aliphatic heterocycles. The zero-order chi connectivity index (χ0) is 11.4. The van der Waals surface area contributed by atoms with Gasteiger partial charge in [-0.3, -0.25) is 4.90 Å². The predicted molar refractivity (Wildman–Crippen MR) is 67.5 cm³/mol. The summed E-state index contributed by atoms with van der Waals surface area (Å²) in [6, 6.07) is 0.381. The topological polar surface area (TPSA) is 44.5 Å². The van der Waals surface area contributed by atoms with Crippen molar-refractivity contribution in [2.24, 2.45) is 11.7 Å². The Bertz CT molecular complexity index is 195. The third-order valence-electron chi connectivity index (χ3n) is 4.05. The number of piperidine rings is 1. The molecule has 4 nitrogen and oxygen atoms in total. The van der Waals surface area contributed by atoms with Crippen molar-refractivity contribution in [3.05, 3.63) is 0 Å². The maximum absolute atomic E-state index is 6.34. The van der Waals surface area contributed by atoms with Gasteiger partial charge in [0.05, 0.1) is 0 Å². The van der Waals surface area contributed by atoms with Crippen LogP contribution in [0.4, 0.5) is 0 Å². The maximum Gasteiger partial charge on any atom is 0.0197 e. The molecule has 1 atom stereocenters. The van der Waals surface area contributed by atoms with Crippen LogP contribution in [0.5, 0.6) is 0 Å². The van der Waals surface area contributed by atoms with Crippen LogP contribution in [0.25, 0.3) is 0 Å². The summed E-state index contributed by atoms with van der Waals surface area (Å²) in [6.07, 6.45) is 2.56. The second-order valence-electron chi connectivity index (χ2n) is 5.36. The van der Waals surface area contributed by atoms with Gasteiger partial charge in [-0.25, -0.2) is 0 Å². The Kier molecular flexibility index (Phi) is 4.58. The fraction of sp³-hybridized carbons (Fsp3) is 1.00. The zero-order valence-corrected chi connectivity index (χ0v) is 10.5. The molecule has 0 aliphatic carbocycles. The number of piperazine rings is 1. The van der Waals surface area contributed by atoms with Crippen LogP contribution in [0.15, 0.2) is 0 Å². The number of nitrogens with one attached hydrogen (secondary N) is 1. The van der Waals surface area contributed by atoms with Crippen molar-refractivity contribution in [3.63, 3.8) is 0 Å². The van der Waals surface area contributed by atoms with Crippen LogP contribution in [0.2, 0.25) is 0 Å². The first-order valence-electron chi connectivity index (χ1n) is 6.63. The molecule has 2 saturated heterocycles. The molecule has 3 N–H and O–H groups in total. The molecule has 0 spiro atoms. The van der Waals surface area contributed by atoms with Gasteiger partial charge in [0.2, 0.25) is 0 Å². The summed E-state index contributed by atoms with van der Waals surface area (Å²) >= 11 is 0. The van der Waals surface area contributed by atoms with E-state index in [4.69, 9.17) is 5.73 Å². The standard InChI is InChI=1S/C12H26N4/c1-15-6-2-11(3-7-15)12(13)10-16-8-4-14-5-9-16/h11-12,14H,2-10,13H2,1H3. The predicted octanol–water partition coefficient (Wildman–Crippen LogP) is -0.439. The van der Waals surface area contributed by atoms with E-state index in [-0.39, 0.29) is 0 Å². The van der Waals surface area contributed by atoms with Gasteiger partial charge in [0.15, 0.2) is 0 Å². The van der Waals surface area contributed by atoms with Crippen molar-refractivity contribution in [1.82, 2.24) is 15.1 Å². The Balaban J connectivity index is 1.72. The third-order valence-corrected chi connectivity index (χ3v) is 4.05. The molecular formula is C12H26N4. The number of nitrogens with zero attached hydrogens (tertiary/aromatic N) is 2. The summed E-state index contributed by atoms with van der Waals surface area (Å²) in [5, 5.41) is 3.38. The Morgan fingerprint density at radius 3 is 2.44 bits per heavy atom. The average Bonchev–Trinajstić information content (AvgIpc) is 2.31. The normalized spacial score (nSPS) is 28.1. The molecule has 2 aliphatic rings. The van der Waals surface area contributed by atoms with Gasteiger partial charge < -0.3 is 16.0 Å². The molecule has 2 heterocycles. The minimum atomic E-state index is 0.381. The lowest BCUT2D eigenvalue weighted by Gasteiger charge is -2.36. The van der Waals surface area contributed by atoms with E-state index in [9.17, 15) is 0 Å². The lowest BCUT2D eigenvalue weighted by atomic mass is 9.89. The second-order valence-corrected chi connectivity index (χ2v) is 5.36. The highest BCUT2D eigenvalue weighted by Crippen LogP contribution is 2.19. The van der Waals surface area contributed by atoms with Crippen LogP contribution in [0.3, 0.4) is 0 Å². The van der Waals surface area contributed by atoms with Gasteiger partial charge in [0, 0.05) is 38.8 Å². The van der Waals surface area contributed by atoms with Crippen molar-refractivity contribution < 1.29 is 0 Å². The zero-order valence-electron chi connectivity index (χ0n) is 10.5. The second kappa shape index (κ2) is 5.96. The fourth-order valence-corrected chi connectivity index (χ4v) is 2.80. The van der Waals surface area contributed by atoms with E-state index < -0.39 is 0 Å². The van der Waals surface area contributed by atoms with E-state index in [1.54, 1.807) is 0 Å². The van der Waals surface area contributed by atoms with Crippen molar-refractivity contribution in [3.8, 4) is 0 Å². The van der Waals surface area contributed by atoms with Crippen molar-refractivity contribution in [2.75, 3.05) is 52.9 Å². The molecule has 0 radical (unpaired) electrons. The summed E-state index contributed by atoms with van der Waals surface area (Å²) in [7, 11) is 2.21. The molecule has 94 valence electrons. The average molecular weight is 226 g/mol. The maximum atomic E-state index is 6.34. The van der Waals surface area contributed by atoms with Crippen LogP contribution >= 0.6 is 0 Å². The lowest BCUT2D eigenvalue weighted by Crippen LogP contribution is -2.51. The first-order valence-corrected chi connectivity index (χ1v) is 6.63. The molecule has 0 aromatic carbocycles. The minimum absolute atomic E-state index is 0.381. The van der Waals surface area contributed by atoms with Crippen molar-refractivity contribution >= 4 is 0 Å². The van der Waals surface area contributed by atoms with E-state index in [0.717, 1.165) is 25.6 Å². The van der Waals surface area contributed by atoms with Crippen LogP contribution in [0.1, 0.15) is 12.8 Å². The van der Waals surface area contributed by atoms with Crippen molar-refractivity contribution in [2.45, 2.75) is 18.9 Å². The number of nitrogens with two attached hydrogens (primary N) is 1. The molecule has 0 bridgehead atoms. The molecular weight excluding hydrogens is 200 g/mol. The third kappa shape index (κ3) is 3.42. The number of hydrogen-bond acceptors (Lipinski definition) is 4. The van der Waals surface area contributed by atoms with Gasteiger partial charge in [0.1, 0.15) is 0 Å². The summed E-state index contributed by atoms with van der Waals surface area (Å²) in [6.45, 7) is 8.12. The fourth-order valence-electron chi connectivity index (χ4n) is 2.80. The van der Waals surface area contributed by atoms with E-state index in [1.165, 1.54) is 39.0 Å². The minimum Gasteiger partial charge on any atom is -0.326 e. The van der Waals surface area contributed by atoms with Gasteiger partial charge >= 0.3 is 0 Å². The molecule has 16 heavy (non-hydrogen) atoms. The summed E-state index contributed by atoms with van der Waals surface area (Å²) in [5.41, 5.74) is 6.34. The van der Waals surface area contributed by atoms with Crippen molar-refractivity contribution in [1.29, 1.82) is 0 Å². The molecule has 4 heteroatoms. The Morgan fingerprint density at radius 2 is 1.81 bits per heavy atom. The highest BCUT2D eigenvalue weighted by molar-refractivity contribution is 4.82. The number of rotatable bonds is 3. The Hall–Kier alpha value is -0.160. The van der Waals surface area contributed by atoms with Crippen LogP contribution in [-0.2, 0) is 0 Å². The molecule has 1 unspecified atom stereocenters. The molecule has 0 saturated carbocycles. The van der Waals surface area contributed by atoms with Crippen LogP contribution in [0, 0.1) is 5.92 Å². The summed E-state index contributed by atoms with van der Waals surface area (Å²) in [5.74, 6) is 0.742. The summed E-state index contributed by atoms with van der Waals surface area (Å²) in [4.78, 5) is 4.92. The van der Waals surface area contributed by atoms with E-state index in [1.807, 2.05) is 0 Å². The quantitative estimate of drug-likeness (QED) is 0.685. The first-order chi connectivity index (χ1) is 7.75. The highest BCUT2D eigenvalue weighted by atomic mass is 15.2. The lowest BCUT2D eigenvalue weighted by molar-refractivity contribution is 0.159. The molecule has 2 fully saturated rings. The van der Waals surface area contributed by atoms with Gasteiger partial charge in [-0.05, 0) is 38.9 Å². The van der Waals surface area contributed by atoms with Gasteiger partial charge in [-0.1, -0.05) is 0 Å².